The summed E-state index contributed by atoms with van der Waals surface area (Å²) in [5, 5.41) is 3.25. The topological polar surface area (TPSA) is 92.5 Å². The van der Waals surface area contributed by atoms with E-state index in [2.05, 4.69) is 5.32 Å². The van der Waals surface area contributed by atoms with Gasteiger partial charge in [-0.2, -0.15) is 4.31 Å². The van der Waals surface area contributed by atoms with Gasteiger partial charge in [0.2, 0.25) is 15.9 Å². The lowest BCUT2D eigenvalue weighted by atomic mass is 9.67. The predicted molar refractivity (Wildman–Crippen MR) is 98.4 cm³/mol. The van der Waals surface area contributed by atoms with Gasteiger partial charge in [-0.1, -0.05) is 19.8 Å². The summed E-state index contributed by atoms with van der Waals surface area (Å²) in [5.41, 5.74) is 6.17. The second-order valence-corrected chi connectivity index (χ2v) is 10.2. The van der Waals surface area contributed by atoms with Crippen molar-refractivity contribution in [3.63, 3.8) is 0 Å². The molecule has 3 N–H and O–H groups in total. The third-order valence-corrected chi connectivity index (χ3v) is 8.34. The summed E-state index contributed by atoms with van der Waals surface area (Å²) in [6.45, 7) is 2.34. The summed E-state index contributed by atoms with van der Waals surface area (Å²) in [5.74, 6) is 0.948. The molecular formula is C18H33N3O3S. The van der Waals surface area contributed by atoms with E-state index in [9.17, 15) is 13.2 Å². The largest absolute Gasteiger partial charge is 0.351 e. The van der Waals surface area contributed by atoms with Crippen molar-refractivity contribution < 1.29 is 13.2 Å². The van der Waals surface area contributed by atoms with Gasteiger partial charge in [-0.15, -0.1) is 0 Å². The first-order chi connectivity index (χ1) is 11.9. The van der Waals surface area contributed by atoms with E-state index < -0.39 is 16.1 Å². The molecule has 3 unspecified atom stereocenters. The van der Waals surface area contributed by atoms with Crippen molar-refractivity contribution >= 4 is 15.9 Å². The molecule has 0 spiro atoms. The van der Waals surface area contributed by atoms with Crippen LogP contribution in [0.15, 0.2) is 0 Å². The smallest absolute Gasteiger partial charge is 0.238 e. The number of sulfonamides is 1. The highest BCUT2D eigenvalue weighted by atomic mass is 32.2. The Morgan fingerprint density at radius 1 is 1.12 bits per heavy atom. The first kappa shape index (κ1) is 19.1. The number of nitrogens with zero attached hydrogens (tertiary/aromatic N) is 1. The van der Waals surface area contributed by atoms with Crippen LogP contribution >= 0.6 is 0 Å². The lowest BCUT2D eigenvalue weighted by molar-refractivity contribution is -0.128. The molecule has 0 aromatic heterocycles. The number of nitrogens with two attached hydrogens (primary N) is 1. The number of carbonyl (C=O) groups excluding carboxylic acids is 1. The first-order valence-electron chi connectivity index (χ1n) is 9.98. The standard InChI is InChI=1S/C18H33N3O3S/c1-2-10-25(23,24)21-9-4-3-8-16(21)18(22)20-17-13-6-5-7-14(17)12-15(19)11-13/h13-17H,2-12,19H2,1H3,(H,20,22). The average molecular weight is 372 g/mol. The third-order valence-electron chi connectivity index (χ3n) is 6.26. The van der Waals surface area contributed by atoms with Gasteiger partial charge in [0.15, 0.2) is 0 Å². The van der Waals surface area contributed by atoms with Gasteiger partial charge in [0.05, 0.1) is 5.75 Å². The molecular weight excluding hydrogens is 338 g/mol. The Balaban J connectivity index is 1.70. The zero-order chi connectivity index (χ0) is 18.0. The fourth-order valence-electron chi connectivity index (χ4n) is 5.16. The van der Waals surface area contributed by atoms with Crippen LogP contribution in [-0.2, 0) is 14.8 Å². The number of piperidine rings is 1. The summed E-state index contributed by atoms with van der Waals surface area (Å²) in [6, 6.07) is -0.0973. The van der Waals surface area contributed by atoms with Gasteiger partial charge in [0.1, 0.15) is 6.04 Å². The lowest BCUT2D eigenvalue weighted by Gasteiger charge is -2.46. The van der Waals surface area contributed by atoms with Crippen molar-refractivity contribution in [3.05, 3.63) is 0 Å². The van der Waals surface area contributed by atoms with Crippen molar-refractivity contribution in [3.8, 4) is 0 Å². The van der Waals surface area contributed by atoms with Crippen molar-refractivity contribution in [1.29, 1.82) is 0 Å². The quantitative estimate of drug-likeness (QED) is 0.768. The number of nitrogens with one attached hydrogen (secondary N) is 1. The van der Waals surface area contributed by atoms with E-state index in [4.69, 9.17) is 5.73 Å². The van der Waals surface area contributed by atoms with Crippen LogP contribution in [0.1, 0.15) is 64.7 Å². The molecule has 7 heteroatoms. The summed E-state index contributed by atoms with van der Waals surface area (Å²) in [6.07, 6.45) is 8.39. The van der Waals surface area contributed by atoms with Gasteiger partial charge in [-0.3, -0.25) is 4.79 Å². The van der Waals surface area contributed by atoms with E-state index in [0.29, 0.717) is 31.2 Å². The maximum Gasteiger partial charge on any atom is 0.238 e. The Morgan fingerprint density at radius 3 is 2.44 bits per heavy atom. The molecule has 0 aromatic carbocycles. The molecule has 3 atom stereocenters. The van der Waals surface area contributed by atoms with Gasteiger partial charge in [0, 0.05) is 18.6 Å². The molecule has 3 fully saturated rings. The zero-order valence-electron chi connectivity index (χ0n) is 15.3. The van der Waals surface area contributed by atoms with Crippen LogP contribution in [0.2, 0.25) is 0 Å². The Morgan fingerprint density at radius 2 is 1.80 bits per heavy atom. The number of carbonyl (C=O) groups is 1. The minimum Gasteiger partial charge on any atom is -0.351 e. The molecule has 144 valence electrons. The molecule has 0 radical (unpaired) electrons. The Labute approximate surface area is 151 Å². The lowest BCUT2D eigenvalue weighted by Crippen LogP contribution is -2.59. The minimum atomic E-state index is -3.34. The molecule has 1 aliphatic heterocycles. The Hall–Kier alpha value is -0.660. The van der Waals surface area contributed by atoms with Gasteiger partial charge >= 0.3 is 0 Å². The first-order valence-corrected chi connectivity index (χ1v) is 11.6. The van der Waals surface area contributed by atoms with Crippen LogP contribution in [0.25, 0.3) is 0 Å². The minimum absolute atomic E-state index is 0.0863. The monoisotopic (exact) mass is 371 g/mol. The average Bonchev–Trinajstić information content (AvgIpc) is 2.55. The molecule has 1 heterocycles. The molecule has 3 aliphatic rings. The Kier molecular flexibility index (Phi) is 6.06. The molecule has 2 bridgehead atoms. The maximum absolute atomic E-state index is 13.0. The molecule has 3 rings (SSSR count). The summed E-state index contributed by atoms with van der Waals surface area (Å²) < 4.78 is 26.6. The van der Waals surface area contributed by atoms with Gasteiger partial charge in [-0.05, 0) is 56.8 Å². The molecule has 0 aromatic rings. The number of hydrogen-bond acceptors (Lipinski definition) is 4. The van der Waals surface area contributed by atoms with Crippen molar-refractivity contribution in [2.45, 2.75) is 82.8 Å². The number of rotatable bonds is 5. The van der Waals surface area contributed by atoms with Gasteiger partial charge < -0.3 is 11.1 Å². The van der Waals surface area contributed by atoms with E-state index in [1.54, 1.807) is 0 Å². The second kappa shape index (κ2) is 7.92. The molecule has 2 aliphatic carbocycles. The number of amides is 1. The highest BCUT2D eigenvalue weighted by Crippen LogP contribution is 2.39. The fraction of sp³-hybridized carbons (Fsp3) is 0.944. The third kappa shape index (κ3) is 4.19. The van der Waals surface area contributed by atoms with E-state index in [1.165, 1.54) is 10.7 Å². The fourth-order valence-corrected chi connectivity index (χ4v) is 6.91. The molecule has 1 amide bonds. The number of hydrogen-bond donors (Lipinski definition) is 2. The van der Waals surface area contributed by atoms with E-state index in [1.807, 2.05) is 6.92 Å². The SMILES string of the molecule is CCCS(=O)(=O)N1CCCCC1C(=O)NC1C2CCCC1CC(N)C2. The van der Waals surface area contributed by atoms with Crippen LogP contribution < -0.4 is 11.1 Å². The molecule has 6 nitrogen and oxygen atoms in total. The molecule has 25 heavy (non-hydrogen) atoms. The van der Waals surface area contributed by atoms with Crippen LogP contribution in [-0.4, -0.2) is 49.1 Å². The highest BCUT2D eigenvalue weighted by Gasteiger charge is 2.42. The van der Waals surface area contributed by atoms with Crippen LogP contribution in [0, 0.1) is 11.8 Å². The van der Waals surface area contributed by atoms with Crippen LogP contribution in [0.3, 0.4) is 0 Å². The predicted octanol–water partition coefficient (Wildman–Crippen LogP) is 1.60. The maximum atomic E-state index is 13.0. The van der Waals surface area contributed by atoms with E-state index >= 15 is 0 Å². The summed E-state index contributed by atoms with van der Waals surface area (Å²) >= 11 is 0. The van der Waals surface area contributed by atoms with E-state index in [-0.39, 0.29) is 23.7 Å². The zero-order valence-corrected chi connectivity index (χ0v) is 16.1. The van der Waals surface area contributed by atoms with E-state index in [0.717, 1.165) is 38.5 Å². The summed E-state index contributed by atoms with van der Waals surface area (Å²) in [7, 11) is -3.34. The van der Waals surface area contributed by atoms with Crippen molar-refractivity contribution in [2.24, 2.45) is 17.6 Å². The normalized spacial score (nSPS) is 36.8. The molecule has 1 saturated heterocycles. The van der Waals surface area contributed by atoms with Crippen LogP contribution in [0.5, 0.6) is 0 Å². The van der Waals surface area contributed by atoms with Gasteiger partial charge in [0.25, 0.3) is 0 Å². The van der Waals surface area contributed by atoms with Crippen molar-refractivity contribution in [1.82, 2.24) is 9.62 Å². The second-order valence-electron chi connectivity index (χ2n) is 8.16. The van der Waals surface area contributed by atoms with Crippen molar-refractivity contribution in [2.75, 3.05) is 12.3 Å². The van der Waals surface area contributed by atoms with Gasteiger partial charge in [-0.25, -0.2) is 8.42 Å². The highest BCUT2D eigenvalue weighted by molar-refractivity contribution is 7.89. The summed E-state index contributed by atoms with van der Waals surface area (Å²) in [4.78, 5) is 13.0. The number of fused-ring (bicyclic) bond motifs is 2. The molecule has 2 saturated carbocycles. The Bertz CT molecular complexity index is 566. The van der Waals surface area contributed by atoms with Crippen LogP contribution in [0.4, 0.5) is 0 Å².